The molecule has 1 aromatic heterocycles. The Bertz CT molecular complexity index is 590. The minimum absolute atomic E-state index is 0.0927. The zero-order chi connectivity index (χ0) is 14.5. The normalized spacial score (nSPS) is 12.2. The van der Waals surface area contributed by atoms with Gasteiger partial charge in [-0.2, -0.15) is 0 Å². The third kappa shape index (κ3) is 3.05. The third-order valence-electron chi connectivity index (χ3n) is 3.02. The molecule has 0 aliphatic rings. The fourth-order valence-corrected chi connectivity index (χ4v) is 1.80. The average molecular weight is 277 g/mol. The van der Waals surface area contributed by atoms with Crippen molar-refractivity contribution in [2.24, 2.45) is 0 Å². The van der Waals surface area contributed by atoms with E-state index >= 15 is 0 Å². The Balaban J connectivity index is 2.17. The highest BCUT2D eigenvalue weighted by Crippen LogP contribution is 2.24. The predicted octanol–water partition coefficient (Wildman–Crippen LogP) is 2.59. The smallest absolute Gasteiger partial charge is 0.287 e. The first-order valence-corrected chi connectivity index (χ1v) is 6.42. The molecule has 5 heteroatoms. The second kappa shape index (κ2) is 6.34. The topological polar surface area (TPSA) is 62.5 Å². The van der Waals surface area contributed by atoms with Gasteiger partial charge in [0, 0.05) is 0 Å². The van der Waals surface area contributed by atoms with E-state index < -0.39 is 11.7 Å². The lowest BCUT2D eigenvalue weighted by molar-refractivity contribution is 0.0887. The van der Waals surface area contributed by atoms with Crippen LogP contribution in [0.4, 0.5) is 4.39 Å². The van der Waals surface area contributed by atoms with Crippen LogP contribution >= 0.6 is 0 Å². The number of aliphatic hydroxyl groups is 1. The van der Waals surface area contributed by atoms with Crippen LogP contribution in [0.1, 0.15) is 23.9 Å². The number of carbonyl (C=O) groups is 1. The van der Waals surface area contributed by atoms with Crippen molar-refractivity contribution in [2.45, 2.75) is 19.4 Å². The van der Waals surface area contributed by atoms with Crippen molar-refractivity contribution in [1.29, 1.82) is 0 Å². The van der Waals surface area contributed by atoms with Crippen LogP contribution < -0.4 is 5.32 Å². The van der Waals surface area contributed by atoms with Gasteiger partial charge in [0.15, 0.2) is 5.76 Å². The fourth-order valence-electron chi connectivity index (χ4n) is 1.80. The summed E-state index contributed by atoms with van der Waals surface area (Å²) in [6, 6.07) is 8.91. The van der Waals surface area contributed by atoms with Crippen LogP contribution in [0.15, 0.2) is 40.8 Å². The van der Waals surface area contributed by atoms with E-state index in [0.29, 0.717) is 17.7 Å². The number of benzene rings is 1. The van der Waals surface area contributed by atoms with E-state index in [4.69, 9.17) is 9.52 Å². The van der Waals surface area contributed by atoms with Crippen LogP contribution in [0, 0.1) is 5.82 Å². The Morgan fingerprint density at radius 2 is 2.10 bits per heavy atom. The molecule has 1 amide bonds. The first kappa shape index (κ1) is 14.3. The Morgan fingerprint density at radius 3 is 2.75 bits per heavy atom. The van der Waals surface area contributed by atoms with Gasteiger partial charge in [0.25, 0.3) is 5.91 Å². The lowest BCUT2D eigenvalue weighted by Crippen LogP contribution is -2.36. The van der Waals surface area contributed by atoms with Gasteiger partial charge in [0.2, 0.25) is 0 Å². The van der Waals surface area contributed by atoms with E-state index in [9.17, 15) is 9.18 Å². The molecule has 0 bridgehead atoms. The lowest BCUT2D eigenvalue weighted by Gasteiger charge is -2.12. The number of furan rings is 1. The number of amides is 1. The van der Waals surface area contributed by atoms with E-state index in [2.05, 4.69) is 5.32 Å². The van der Waals surface area contributed by atoms with Crippen LogP contribution in [0.5, 0.6) is 0 Å². The Morgan fingerprint density at radius 1 is 1.35 bits per heavy atom. The minimum atomic E-state index is -0.423. The molecule has 2 rings (SSSR count). The highest BCUT2D eigenvalue weighted by molar-refractivity contribution is 5.92. The monoisotopic (exact) mass is 277 g/mol. The number of aliphatic hydroxyl groups excluding tert-OH is 1. The molecular weight excluding hydrogens is 261 g/mol. The van der Waals surface area contributed by atoms with E-state index in [-0.39, 0.29) is 18.4 Å². The van der Waals surface area contributed by atoms with E-state index in [1.165, 1.54) is 12.1 Å². The van der Waals surface area contributed by atoms with Gasteiger partial charge in [0.05, 0.1) is 18.2 Å². The highest BCUT2D eigenvalue weighted by atomic mass is 19.1. The van der Waals surface area contributed by atoms with Crippen LogP contribution in [-0.4, -0.2) is 23.7 Å². The maximum absolute atomic E-state index is 13.6. The molecule has 0 aliphatic heterocycles. The van der Waals surface area contributed by atoms with Gasteiger partial charge in [-0.3, -0.25) is 4.79 Å². The molecule has 1 aromatic carbocycles. The number of rotatable bonds is 5. The quantitative estimate of drug-likeness (QED) is 0.883. The van der Waals surface area contributed by atoms with E-state index in [0.717, 1.165) is 0 Å². The largest absolute Gasteiger partial charge is 0.451 e. The molecule has 0 fully saturated rings. The van der Waals surface area contributed by atoms with Crippen LogP contribution in [0.2, 0.25) is 0 Å². The van der Waals surface area contributed by atoms with Crippen molar-refractivity contribution in [2.75, 3.05) is 6.61 Å². The maximum Gasteiger partial charge on any atom is 0.287 e. The van der Waals surface area contributed by atoms with Crippen LogP contribution in [0.25, 0.3) is 11.3 Å². The van der Waals surface area contributed by atoms with E-state index in [1.54, 1.807) is 24.3 Å². The number of hydrogen-bond donors (Lipinski definition) is 2. The van der Waals surface area contributed by atoms with E-state index in [1.807, 2.05) is 6.92 Å². The van der Waals surface area contributed by atoms with Crippen molar-refractivity contribution in [3.63, 3.8) is 0 Å². The van der Waals surface area contributed by atoms with Crippen LogP contribution in [-0.2, 0) is 0 Å². The maximum atomic E-state index is 13.6. The second-order valence-corrected chi connectivity index (χ2v) is 4.40. The number of hydrogen-bond acceptors (Lipinski definition) is 3. The highest BCUT2D eigenvalue weighted by Gasteiger charge is 2.16. The van der Waals surface area contributed by atoms with Crippen molar-refractivity contribution in [1.82, 2.24) is 5.32 Å². The molecule has 1 heterocycles. The van der Waals surface area contributed by atoms with Crippen molar-refractivity contribution in [3.8, 4) is 11.3 Å². The molecule has 2 aromatic rings. The molecule has 106 valence electrons. The number of halogens is 1. The molecule has 0 spiro atoms. The molecule has 0 saturated heterocycles. The van der Waals surface area contributed by atoms with Crippen molar-refractivity contribution < 1.29 is 18.7 Å². The number of carbonyl (C=O) groups excluding carboxylic acids is 1. The standard InChI is InChI=1S/C15H16FNO3/c1-2-10(9-18)17-15(19)14-8-7-13(20-14)11-5-3-4-6-12(11)16/h3-8,10,18H,2,9H2,1H3,(H,17,19). The van der Waals surface area contributed by atoms with Gasteiger partial charge < -0.3 is 14.8 Å². The summed E-state index contributed by atoms with van der Waals surface area (Å²) in [5, 5.41) is 11.7. The summed E-state index contributed by atoms with van der Waals surface area (Å²) < 4.78 is 19.0. The molecular formula is C15H16FNO3. The van der Waals surface area contributed by atoms with Gasteiger partial charge >= 0.3 is 0 Å². The van der Waals surface area contributed by atoms with Gasteiger partial charge in [-0.1, -0.05) is 19.1 Å². The zero-order valence-corrected chi connectivity index (χ0v) is 11.1. The first-order chi connectivity index (χ1) is 9.65. The molecule has 0 saturated carbocycles. The lowest BCUT2D eigenvalue weighted by atomic mass is 10.1. The zero-order valence-electron chi connectivity index (χ0n) is 11.1. The predicted molar refractivity (Wildman–Crippen MR) is 72.7 cm³/mol. The third-order valence-corrected chi connectivity index (χ3v) is 3.02. The molecule has 0 aliphatic carbocycles. The SMILES string of the molecule is CCC(CO)NC(=O)c1ccc(-c2ccccc2F)o1. The minimum Gasteiger partial charge on any atom is -0.451 e. The van der Waals surface area contributed by atoms with Crippen molar-refractivity contribution >= 4 is 5.91 Å². The van der Waals surface area contributed by atoms with Crippen molar-refractivity contribution in [3.05, 3.63) is 48.0 Å². The summed E-state index contributed by atoms with van der Waals surface area (Å²) in [7, 11) is 0. The summed E-state index contributed by atoms with van der Waals surface area (Å²) in [6.45, 7) is 1.72. The van der Waals surface area contributed by atoms with Gasteiger partial charge in [0.1, 0.15) is 11.6 Å². The summed E-state index contributed by atoms with van der Waals surface area (Å²) in [4.78, 5) is 11.9. The summed E-state index contributed by atoms with van der Waals surface area (Å²) in [6.07, 6.45) is 0.614. The average Bonchev–Trinajstić information content (AvgIpc) is 2.94. The Kier molecular flexibility index (Phi) is 4.53. The molecule has 1 unspecified atom stereocenters. The fraction of sp³-hybridized carbons (Fsp3) is 0.267. The Labute approximate surface area is 116 Å². The molecule has 1 atom stereocenters. The van der Waals surface area contributed by atoms with Gasteiger partial charge in [-0.15, -0.1) is 0 Å². The van der Waals surface area contributed by atoms with Gasteiger partial charge in [-0.25, -0.2) is 4.39 Å². The molecule has 0 radical (unpaired) electrons. The molecule has 4 nitrogen and oxygen atoms in total. The molecule has 2 N–H and O–H groups in total. The Hall–Kier alpha value is -2.14. The summed E-state index contributed by atoms with van der Waals surface area (Å²) in [5.74, 6) is -0.440. The summed E-state index contributed by atoms with van der Waals surface area (Å²) >= 11 is 0. The van der Waals surface area contributed by atoms with Crippen LogP contribution in [0.3, 0.4) is 0 Å². The summed E-state index contributed by atoms with van der Waals surface area (Å²) in [5.41, 5.74) is 0.306. The molecule has 20 heavy (non-hydrogen) atoms. The first-order valence-electron chi connectivity index (χ1n) is 6.42. The number of nitrogens with one attached hydrogen (secondary N) is 1. The van der Waals surface area contributed by atoms with Gasteiger partial charge in [-0.05, 0) is 30.7 Å². The second-order valence-electron chi connectivity index (χ2n) is 4.40.